The van der Waals surface area contributed by atoms with Crippen LogP contribution in [0.4, 0.5) is 13.2 Å². The second-order valence-corrected chi connectivity index (χ2v) is 5.17. The highest BCUT2D eigenvalue weighted by molar-refractivity contribution is 5.90. The van der Waals surface area contributed by atoms with Gasteiger partial charge in [0.1, 0.15) is 5.56 Å². The first-order valence-corrected chi connectivity index (χ1v) is 6.77. The Labute approximate surface area is 129 Å². The average Bonchev–Trinajstić information content (AvgIpc) is 3.03. The monoisotopic (exact) mass is 332 g/mol. The molecule has 2 rings (SSSR count). The number of rotatable bonds is 4. The van der Waals surface area contributed by atoms with E-state index in [1.54, 1.807) is 6.92 Å². The lowest BCUT2D eigenvalue weighted by atomic mass is 10.2. The van der Waals surface area contributed by atoms with E-state index < -0.39 is 35.5 Å². The third-order valence-corrected chi connectivity index (χ3v) is 2.95. The molecular formula is C13H15F3N4O3. The molecule has 0 aliphatic rings. The summed E-state index contributed by atoms with van der Waals surface area (Å²) in [6.07, 6.45) is -4.87. The zero-order valence-electron chi connectivity index (χ0n) is 12.9. The Morgan fingerprint density at radius 1 is 1.35 bits per heavy atom. The second kappa shape index (κ2) is 6.01. The zero-order chi connectivity index (χ0) is 17.4. The van der Waals surface area contributed by atoms with Crippen LogP contribution in [0.2, 0.25) is 0 Å². The fourth-order valence-electron chi connectivity index (χ4n) is 1.94. The lowest BCUT2D eigenvalue weighted by Crippen LogP contribution is -2.21. The summed E-state index contributed by atoms with van der Waals surface area (Å²) >= 11 is 0. The molecular weight excluding hydrogens is 317 g/mol. The highest BCUT2D eigenvalue weighted by Crippen LogP contribution is 2.34. The van der Waals surface area contributed by atoms with Crippen molar-refractivity contribution in [1.82, 2.24) is 19.9 Å². The minimum Gasteiger partial charge on any atom is -0.449 e. The van der Waals surface area contributed by atoms with Gasteiger partial charge in [0.05, 0.1) is 6.20 Å². The first kappa shape index (κ1) is 17.0. The van der Waals surface area contributed by atoms with Crippen molar-refractivity contribution in [2.75, 3.05) is 0 Å². The van der Waals surface area contributed by atoms with Crippen LogP contribution < -0.4 is 0 Å². The molecule has 10 heteroatoms. The summed E-state index contributed by atoms with van der Waals surface area (Å²) in [5.41, 5.74) is -1.80. The lowest BCUT2D eigenvalue weighted by molar-refractivity contribution is -0.145. The molecule has 0 radical (unpaired) electrons. The van der Waals surface area contributed by atoms with Crippen LogP contribution in [0, 0.1) is 6.92 Å². The van der Waals surface area contributed by atoms with Crippen molar-refractivity contribution in [1.29, 1.82) is 0 Å². The molecule has 23 heavy (non-hydrogen) atoms. The van der Waals surface area contributed by atoms with Gasteiger partial charge in [0.25, 0.3) is 5.89 Å². The maximum Gasteiger partial charge on any atom is 0.433 e. The fourth-order valence-corrected chi connectivity index (χ4v) is 1.94. The summed E-state index contributed by atoms with van der Waals surface area (Å²) in [6, 6.07) is -0.566. The standard InChI is InChI=1S/C13H15F3N4O3/c1-6(2)20-10(13(14,15)16)9(5-17-20)12(21)22-7(3)11-18-8(4)19-23-11/h5-7H,1-4H3/t7-/m1/s1. The van der Waals surface area contributed by atoms with E-state index in [1.165, 1.54) is 20.8 Å². The van der Waals surface area contributed by atoms with Crippen molar-refractivity contribution in [2.24, 2.45) is 0 Å². The molecule has 0 spiro atoms. The largest absolute Gasteiger partial charge is 0.449 e. The van der Waals surface area contributed by atoms with E-state index in [4.69, 9.17) is 9.26 Å². The van der Waals surface area contributed by atoms with Gasteiger partial charge >= 0.3 is 12.1 Å². The number of nitrogens with zero attached hydrogens (tertiary/aromatic N) is 4. The number of aromatic nitrogens is 4. The normalized spacial score (nSPS) is 13.4. The predicted octanol–water partition coefficient (Wildman–Crippen LogP) is 3.09. The van der Waals surface area contributed by atoms with Crippen LogP contribution in [-0.4, -0.2) is 25.9 Å². The number of carbonyl (C=O) groups excluding carboxylic acids is 1. The maximum atomic E-state index is 13.2. The first-order valence-electron chi connectivity index (χ1n) is 6.77. The highest BCUT2D eigenvalue weighted by atomic mass is 19.4. The Morgan fingerprint density at radius 3 is 2.48 bits per heavy atom. The first-order chi connectivity index (χ1) is 10.6. The van der Waals surface area contributed by atoms with Crippen molar-refractivity contribution in [3.8, 4) is 0 Å². The summed E-state index contributed by atoms with van der Waals surface area (Å²) in [5.74, 6) is -0.834. The number of hydrogen-bond acceptors (Lipinski definition) is 6. The van der Waals surface area contributed by atoms with Crippen LogP contribution in [0.15, 0.2) is 10.7 Å². The number of esters is 1. The Balaban J connectivity index is 2.29. The van der Waals surface area contributed by atoms with Gasteiger partial charge in [-0.25, -0.2) is 4.79 Å². The van der Waals surface area contributed by atoms with Crippen molar-refractivity contribution in [3.63, 3.8) is 0 Å². The summed E-state index contributed by atoms with van der Waals surface area (Å²) in [6.45, 7) is 6.04. The molecule has 0 aliphatic carbocycles. The van der Waals surface area contributed by atoms with E-state index in [0.717, 1.165) is 10.9 Å². The zero-order valence-corrected chi connectivity index (χ0v) is 12.9. The van der Waals surface area contributed by atoms with Gasteiger partial charge in [0, 0.05) is 6.04 Å². The average molecular weight is 332 g/mol. The van der Waals surface area contributed by atoms with E-state index >= 15 is 0 Å². The molecule has 0 unspecified atom stereocenters. The molecule has 2 heterocycles. The minimum atomic E-state index is -4.74. The summed E-state index contributed by atoms with van der Waals surface area (Å²) < 4.78 is 50.2. The Morgan fingerprint density at radius 2 is 2.00 bits per heavy atom. The number of aryl methyl sites for hydroxylation is 1. The Bertz CT molecular complexity index is 706. The molecule has 0 saturated carbocycles. The van der Waals surface area contributed by atoms with Gasteiger partial charge in [-0.1, -0.05) is 5.16 Å². The third kappa shape index (κ3) is 3.51. The molecule has 0 aliphatic heterocycles. The van der Waals surface area contributed by atoms with E-state index in [2.05, 4.69) is 15.2 Å². The van der Waals surface area contributed by atoms with Crippen LogP contribution in [0.25, 0.3) is 0 Å². The van der Waals surface area contributed by atoms with Gasteiger partial charge in [-0.3, -0.25) is 4.68 Å². The Kier molecular flexibility index (Phi) is 4.44. The van der Waals surface area contributed by atoms with E-state index in [0.29, 0.717) is 5.82 Å². The van der Waals surface area contributed by atoms with Crippen molar-refractivity contribution in [2.45, 2.75) is 46.0 Å². The molecule has 7 nitrogen and oxygen atoms in total. The number of alkyl halides is 3. The topological polar surface area (TPSA) is 83.0 Å². The van der Waals surface area contributed by atoms with Crippen LogP contribution in [0.3, 0.4) is 0 Å². The van der Waals surface area contributed by atoms with Crippen molar-refractivity contribution in [3.05, 3.63) is 29.2 Å². The molecule has 0 bridgehead atoms. The molecule has 2 aromatic rings. The summed E-state index contributed by atoms with van der Waals surface area (Å²) in [5, 5.41) is 7.16. The summed E-state index contributed by atoms with van der Waals surface area (Å²) in [7, 11) is 0. The van der Waals surface area contributed by atoms with Gasteiger partial charge in [-0.2, -0.15) is 23.3 Å². The van der Waals surface area contributed by atoms with Gasteiger partial charge in [-0.15, -0.1) is 0 Å². The number of halogens is 3. The van der Waals surface area contributed by atoms with Crippen molar-refractivity contribution < 1.29 is 27.2 Å². The van der Waals surface area contributed by atoms with Crippen LogP contribution in [0.1, 0.15) is 60.7 Å². The predicted molar refractivity (Wildman–Crippen MR) is 70.5 cm³/mol. The molecule has 0 aromatic carbocycles. The quantitative estimate of drug-likeness (QED) is 0.800. The van der Waals surface area contributed by atoms with Gasteiger partial charge in [0.2, 0.25) is 0 Å². The smallest absolute Gasteiger partial charge is 0.433 e. The van der Waals surface area contributed by atoms with Gasteiger partial charge in [-0.05, 0) is 27.7 Å². The lowest BCUT2D eigenvalue weighted by Gasteiger charge is -2.15. The molecule has 2 aromatic heterocycles. The van der Waals surface area contributed by atoms with E-state index in [9.17, 15) is 18.0 Å². The number of carbonyl (C=O) groups is 1. The van der Waals surface area contributed by atoms with Crippen LogP contribution >= 0.6 is 0 Å². The second-order valence-electron chi connectivity index (χ2n) is 5.17. The van der Waals surface area contributed by atoms with Crippen LogP contribution in [0.5, 0.6) is 0 Å². The number of hydrogen-bond donors (Lipinski definition) is 0. The molecule has 0 amide bonds. The van der Waals surface area contributed by atoms with E-state index in [1.807, 2.05) is 0 Å². The fraction of sp³-hybridized carbons (Fsp3) is 0.538. The minimum absolute atomic E-state index is 0.000611. The van der Waals surface area contributed by atoms with Gasteiger partial charge < -0.3 is 9.26 Å². The molecule has 0 fully saturated rings. The summed E-state index contributed by atoms with van der Waals surface area (Å²) in [4.78, 5) is 15.9. The molecule has 0 N–H and O–H groups in total. The molecule has 1 atom stereocenters. The SMILES string of the molecule is Cc1noc([C@@H](C)OC(=O)c2cnn(C(C)C)c2C(F)(F)F)n1. The van der Waals surface area contributed by atoms with Crippen molar-refractivity contribution >= 4 is 5.97 Å². The molecule has 0 saturated heterocycles. The number of ether oxygens (including phenoxy) is 1. The third-order valence-electron chi connectivity index (χ3n) is 2.95. The molecule has 126 valence electrons. The maximum absolute atomic E-state index is 13.2. The highest BCUT2D eigenvalue weighted by Gasteiger charge is 2.41. The van der Waals surface area contributed by atoms with Crippen LogP contribution in [-0.2, 0) is 10.9 Å². The Hall–Kier alpha value is -2.39. The van der Waals surface area contributed by atoms with E-state index in [-0.39, 0.29) is 5.89 Å². The van der Waals surface area contributed by atoms with Gasteiger partial charge in [0.15, 0.2) is 17.6 Å².